The summed E-state index contributed by atoms with van der Waals surface area (Å²) in [6, 6.07) is 12.5. The summed E-state index contributed by atoms with van der Waals surface area (Å²) in [7, 11) is 0. The van der Waals surface area contributed by atoms with Crippen molar-refractivity contribution >= 4 is 45.8 Å². The number of piperazine rings is 1. The van der Waals surface area contributed by atoms with Crippen molar-refractivity contribution in [2.24, 2.45) is 0 Å². The quantitative estimate of drug-likeness (QED) is 0.632. The summed E-state index contributed by atoms with van der Waals surface area (Å²) < 4.78 is 0. The van der Waals surface area contributed by atoms with Crippen molar-refractivity contribution in [2.75, 3.05) is 44.2 Å². The number of halogens is 2. The number of hydrogen-bond acceptors (Lipinski definition) is 6. The Balaban J connectivity index is 1.26. The van der Waals surface area contributed by atoms with Crippen molar-refractivity contribution in [1.29, 1.82) is 0 Å². The number of rotatable bonds is 3. The molecule has 2 saturated heterocycles. The minimum Gasteiger partial charge on any atom is -0.390 e. The van der Waals surface area contributed by atoms with Crippen LogP contribution in [0.15, 0.2) is 48.8 Å². The number of amides is 1. The smallest absolute Gasteiger partial charge is 0.253 e. The second-order valence-corrected chi connectivity index (χ2v) is 9.11. The lowest BCUT2D eigenvalue weighted by molar-refractivity contribution is 0.0376. The number of aliphatic hydroxyl groups is 1. The van der Waals surface area contributed by atoms with Gasteiger partial charge in [-0.15, -0.1) is 0 Å². The summed E-state index contributed by atoms with van der Waals surface area (Å²) in [6.45, 7) is 3.82. The van der Waals surface area contributed by atoms with Crippen molar-refractivity contribution < 1.29 is 9.90 Å². The van der Waals surface area contributed by atoms with Gasteiger partial charge in [-0.25, -0.2) is 9.97 Å². The third kappa shape index (κ3) is 4.13. The van der Waals surface area contributed by atoms with Crippen LogP contribution in [-0.4, -0.2) is 82.2 Å². The summed E-state index contributed by atoms with van der Waals surface area (Å²) in [5.74, 6) is 0.801. The van der Waals surface area contributed by atoms with Gasteiger partial charge in [-0.1, -0.05) is 23.2 Å². The Hall–Kier alpha value is -2.45. The Kier molecular flexibility index (Phi) is 5.90. The number of benzene rings is 2. The van der Waals surface area contributed by atoms with E-state index in [9.17, 15) is 9.90 Å². The maximum absolute atomic E-state index is 12.8. The second kappa shape index (κ2) is 8.83. The van der Waals surface area contributed by atoms with E-state index < -0.39 is 6.10 Å². The number of aromatic nitrogens is 2. The normalized spacial score (nSPS) is 22.0. The molecule has 3 aromatic rings. The predicted molar refractivity (Wildman–Crippen MR) is 125 cm³/mol. The highest BCUT2D eigenvalue weighted by atomic mass is 35.5. The molecule has 1 N–H and O–H groups in total. The number of β-amino-alcohol motifs (C(OH)–C–C–N with tert-alkyl or cyclic N) is 1. The Morgan fingerprint density at radius 3 is 2.41 bits per heavy atom. The van der Waals surface area contributed by atoms with Gasteiger partial charge in [-0.2, -0.15) is 0 Å². The third-order valence-corrected chi connectivity index (χ3v) is 6.78. The molecule has 1 amide bonds. The van der Waals surface area contributed by atoms with Gasteiger partial charge in [-0.3, -0.25) is 9.69 Å². The average Bonchev–Trinajstić information content (AvgIpc) is 3.20. The fraction of sp³-hybridized carbons (Fsp3) is 0.348. The molecule has 2 aromatic carbocycles. The Labute approximate surface area is 196 Å². The van der Waals surface area contributed by atoms with Crippen LogP contribution in [0.25, 0.3) is 10.9 Å². The highest BCUT2D eigenvalue weighted by molar-refractivity contribution is 6.31. The van der Waals surface area contributed by atoms with Crippen LogP contribution in [0.3, 0.4) is 0 Å². The van der Waals surface area contributed by atoms with Gasteiger partial charge in [-0.05, 0) is 42.5 Å². The van der Waals surface area contributed by atoms with Crippen LogP contribution in [0.2, 0.25) is 10.0 Å². The number of nitrogens with zero attached hydrogens (tertiary/aromatic N) is 5. The molecule has 0 radical (unpaired) electrons. The van der Waals surface area contributed by atoms with Gasteiger partial charge < -0.3 is 14.9 Å². The van der Waals surface area contributed by atoms with Crippen LogP contribution >= 0.6 is 23.2 Å². The number of fused-ring (bicyclic) bond motifs is 1. The van der Waals surface area contributed by atoms with Gasteiger partial charge in [0.2, 0.25) is 0 Å². The van der Waals surface area contributed by atoms with Gasteiger partial charge in [0.15, 0.2) is 0 Å². The molecule has 2 aliphatic heterocycles. The van der Waals surface area contributed by atoms with Crippen molar-refractivity contribution in [3.63, 3.8) is 0 Å². The van der Waals surface area contributed by atoms with Crippen LogP contribution in [0.1, 0.15) is 10.4 Å². The standard InChI is InChI=1S/C23H23Cl2N5O2/c24-16-3-1-15(2-4-16)23(32)29-9-7-28(8-10-29)20-12-30(13-21(20)31)22-18-11-17(25)5-6-19(18)26-14-27-22/h1-6,11,14,20-21,31H,7-10,12-13H2/t20-,21-/m1/s1. The molecule has 2 atom stereocenters. The molecule has 166 valence electrons. The van der Waals surface area contributed by atoms with E-state index >= 15 is 0 Å². The molecular formula is C23H23Cl2N5O2. The molecule has 7 nitrogen and oxygen atoms in total. The zero-order valence-electron chi connectivity index (χ0n) is 17.4. The molecule has 0 saturated carbocycles. The second-order valence-electron chi connectivity index (χ2n) is 8.23. The van der Waals surface area contributed by atoms with Gasteiger partial charge in [0.25, 0.3) is 5.91 Å². The van der Waals surface area contributed by atoms with Gasteiger partial charge in [0.1, 0.15) is 12.1 Å². The van der Waals surface area contributed by atoms with Crippen LogP contribution < -0.4 is 4.90 Å². The van der Waals surface area contributed by atoms with E-state index in [0.29, 0.717) is 54.9 Å². The Morgan fingerprint density at radius 2 is 1.66 bits per heavy atom. The third-order valence-electron chi connectivity index (χ3n) is 6.30. The average molecular weight is 472 g/mol. The lowest BCUT2D eigenvalue weighted by Gasteiger charge is -2.38. The number of hydrogen-bond donors (Lipinski definition) is 1. The Morgan fingerprint density at radius 1 is 0.938 bits per heavy atom. The molecule has 5 rings (SSSR count). The molecule has 32 heavy (non-hydrogen) atoms. The van der Waals surface area contributed by atoms with E-state index in [1.165, 1.54) is 0 Å². The highest BCUT2D eigenvalue weighted by Gasteiger charge is 2.38. The summed E-state index contributed by atoms with van der Waals surface area (Å²) in [6.07, 6.45) is 1.05. The number of carbonyl (C=O) groups is 1. The number of aliphatic hydroxyl groups excluding tert-OH is 1. The lowest BCUT2D eigenvalue weighted by Crippen LogP contribution is -2.54. The van der Waals surface area contributed by atoms with Crippen LogP contribution in [0.4, 0.5) is 5.82 Å². The maximum atomic E-state index is 12.8. The molecule has 1 aromatic heterocycles. The molecule has 3 heterocycles. The van der Waals surface area contributed by atoms with Crippen molar-refractivity contribution in [3.8, 4) is 0 Å². The summed E-state index contributed by atoms with van der Waals surface area (Å²) >= 11 is 12.1. The van der Waals surface area contributed by atoms with Crippen molar-refractivity contribution in [2.45, 2.75) is 12.1 Å². The molecule has 0 spiro atoms. The van der Waals surface area contributed by atoms with E-state index in [1.807, 2.05) is 23.1 Å². The van der Waals surface area contributed by atoms with E-state index in [2.05, 4.69) is 19.8 Å². The fourth-order valence-electron chi connectivity index (χ4n) is 4.60. The monoisotopic (exact) mass is 471 g/mol. The SMILES string of the molecule is O=C(c1ccc(Cl)cc1)N1CCN([C@@H]2CN(c3ncnc4ccc(Cl)cc34)C[C@H]2O)CC1. The van der Waals surface area contributed by atoms with Gasteiger partial charge in [0.05, 0.1) is 17.7 Å². The number of anilines is 1. The zero-order chi connectivity index (χ0) is 22.2. The zero-order valence-corrected chi connectivity index (χ0v) is 18.9. The minimum absolute atomic E-state index is 0.0132. The predicted octanol–water partition coefficient (Wildman–Crippen LogP) is 2.94. The molecule has 0 aliphatic carbocycles. The van der Waals surface area contributed by atoms with Gasteiger partial charge in [0, 0.05) is 60.3 Å². The first-order chi connectivity index (χ1) is 15.5. The molecule has 9 heteroatoms. The van der Waals surface area contributed by atoms with E-state index in [0.717, 1.165) is 16.7 Å². The lowest BCUT2D eigenvalue weighted by atomic mass is 10.1. The largest absolute Gasteiger partial charge is 0.390 e. The molecule has 2 aliphatic rings. The topological polar surface area (TPSA) is 72.8 Å². The first kappa shape index (κ1) is 21.4. The van der Waals surface area contributed by atoms with E-state index in [-0.39, 0.29) is 11.9 Å². The summed E-state index contributed by atoms with van der Waals surface area (Å²) in [5.41, 5.74) is 1.47. The molecular weight excluding hydrogens is 449 g/mol. The summed E-state index contributed by atoms with van der Waals surface area (Å²) in [5, 5.41) is 13.0. The van der Waals surface area contributed by atoms with Gasteiger partial charge >= 0.3 is 0 Å². The molecule has 2 fully saturated rings. The fourth-order valence-corrected chi connectivity index (χ4v) is 4.90. The van der Waals surface area contributed by atoms with Crippen LogP contribution in [0.5, 0.6) is 0 Å². The van der Waals surface area contributed by atoms with Crippen LogP contribution in [0, 0.1) is 0 Å². The van der Waals surface area contributed by atoms with Crippen molar-refractivity contribution in [1.82, 2.24) is 19.8 Å². The number of carbonyl (C=O) groups excluding carboxylic acids is 1. The molecule has 0 unspecified atom stereocenters. The van der Waals surface area contributed by atoms with E-state index in [1.54, 1.807) is 30.6 Å². The molecule has 0 bridgehead atoms. The minimum atomic E-state index is -0.502. The highest BCUT2D eigenvalue weighted by Crippen LogP contribution is 2.30. The van der Waals surface area contributed by atoms with Crippen molar-refractivity contribution in [3.05, 3.63) is 64.4 Å². The van der Waals surface area contributed by atoms with E-state index in [4.69, 9.17) is 23.2 Å². The summed E-state index contributed by atoms with van der Waals surface area (Å²) in [4.78, 5) is 27.8. The first-order valence-corrected chi connectivity index (χ1v) is 11.4. The first-order valence-electron chi connectivity index (χ1n) is 10.6. The maximum Gasteiger partial charge on any atom is 0.253 e. The Bertz CT molecular complexity index is 1130. The van der Waals surface area contributed by atoms with Crippen LogP contribution in [-0.2, 0) is 0 Å².